The molecule has 0 aromatic heterocycles. The molecule has 0 saturated carbocycles. The van der Waals surface area contributed by atoms with Crippen molar-refractivity contribution < 1.29 is 14.3 Å². The van der Waals surface area contributed by atoms with Crippen molar-refractivity contribution >= 4 is 45.5 Å². The minimum Gasteiger partial charge on any atom is -0.488 e. The van der Waals surface area contributed by atoms with E-state index in [1.54, 1.807) is 12.1 Å². The highest BCUT2D eigenvalue weighted by Gasteiger charge is 2.32. The summed E-state index contributed by atoms with van der Waals surface area (Å²) in [5, 5.41) is 3.27. The lowest BCUT2D eigenvalue weighted by Gasteiger charge is -2.10. The van der Waals surface area contributed by atoms with Crippen LogP contribution in [0.15, 0.2) is 52.6 Å². The Kier molecular flexibility index (Phi) is 6.19. The quantitative estimate of drug-likeness (QED) is 0.499. The molecule has 1 saturated heterocycles. The summed E-state index contributed by atoms with van der Waals surface area (Å²) in [5.74, 6) is 0.350. The molecule has 0 atom stereocenters. The van der Waals surface area contributed by atoms with Gasteiger partial charge in [-0.15, -0.1) is 0 Å². The first-order valence-electron chi connectivity index (χ1n) is 8.50. The van der Waals surface area contributed by atoms with E-state index in [1.165, 1.54) is 4.90 Å². The molecule has 1 aliphatic heterocycles. The molecule has 0 bridgehead atoms. The number of hydrogen-bond donors (Lipinski definition) is 1. The Morgan fingerprint density at radius 3 is 2.70 bits per heavy atom. The summed E-state index contributed by atoms with van der Waals surface area (Å²) in [6.45, 7) is 2.67. The van der Waals surface area contributed by atoms with Gasteiger partial charge in [0.25, 0.3) is 5.91 Å². The molecule has 0 aliphatic carbocycles. The average molecular weight is 450 g/mol. The van der Waals surface area contributed by atoms with Gasteiger partial charge in [-0.2, -0.15) is 0 Å². The molecule has 2 aromatic rings. The zero-order chi connectivity index (χ0) is 19.4. The molecule has 0 radical (unpaired) electrons. The second-order valence-corrected chi connectivity index (χ2v) is 7.28. The summed E-state index contributed by atoms with van der Waals surface area (Å²) in [7, 11) is 0. The van der Waals surface area contributed by atoms with Crippen LogP contribution < -0.4 is 10.1 Å². The van der Waals surface area contributed by atoms with Crippen molar-refractivity contribution in [3.63, 3.8) is 0 Å². The van der Waals surface area contributed by atoms with E-state index in [1.807, 2.05) is 43.3 Å². The molecule has 1 fully saturated rings. The largest absolute Gasteiger partial charge is 0.488 e. The van der Waals surface area contributed by atoms with Gasteiger partial charge in [-0.3, -0.25) is 9.69 Å². The monoisotopic (exact) mass is 448 g/mol. The van der Waals surface area contributed by atoms with Crippen molar-refractivity contribution in [2.45, 2.75) is 20.0 Å². The fraction of sp³-hybridized carbons (Fsp3) is 0.200. The fourth-order valence-corrected chi connectivity index (χ4v) is 3.36. The van der Waals surface area contributed by atoms with Crippen LogP contribution in [0, 0.1) is 0 Å². The number of benzene rings is 2. The molecule has 2 aromatic carbocycles. The Morgan fingerprint density at radius 2 is 2.00 bits per heavy atom. The molecular weight excluding hydrogens is 432 g/mol. The Morgan fingerprint density at radius 1 is 1.22 bits per heavy atom. The van der Waals surface area contributed by atoms with Crippen LogP contribution in [0.2, 0.25) is 5.02 Å². The SMILES string of the molecule is CCCN1C(=O)N/C(=C/c2ccc(OCc3ccccc3Cl)c(Br)c2)C1=O. The summed E-state index contributed by atoms with van der Waals surface area (Å²) in [5.41, 5.74) is 1.94. The van der Waals surface area contributed by atoms with Gasteiger partial charge in [0, 0.05) is 17.1 Å². The molecule has 7 heteroatoms. The lowest BCUT2D eigenvalue weighted by molar-refractivity contribution is -0.122. The van der Waals surface area contributed by atoms with Crippen molar-refractivity contribution in [3.8, 4) is 5.75 Å². The van der Waals surface area contributed by atoms with Crippen LogP contribution in [0.4, 0.5) is 4.79 Å². The van der Waals surface area contributed by atoms with Gasteiger partial charge < -0.3 is 10.1 Å². The van der Waals surface area contributed by atoms with Crippen LogP contribution >= 0.6 is 27.5 Å². The molecule has 0 unspecified atom stereocenters. The van der Waals surface area contributed by atoms with Gasteiger partial charge in [0.15, 0.2) is 0 Å². The first-order valence-corrected chi connectivity index (χ1v) is 9.67. The smallest absolute Gasteiger partial charge is 0.329 e. The van der Waals surface area contributed by atoms with Crippen LogP contribution in [0.3, 0.4) is 0 Å². The van der Waals surface area contributed by atoms with E-state index >= 15 is 0 Å². The third-order valence-corrected chi connectivity index (χ3v) is 5.01. The maximum Gasteiger partial charge on any atom is 0.329 e. The van der Waals surface area contributed by atoms with E-state index in [0.29, 0.717) is 23.9 Å². The van der Waals surface area contributed by atoms with Crippen molar-refractivity contribution in [2.75, 3.05) is 6.54 Å². The van der Waals surface area contributed by atoms with Gasteiger partial charge in [-0.25, -0.2) is 4.79 Å². The summed E-state index contributed by atoms with van der Waals surface area (Å²) in [6.07, 6.45) is 2.37. The fourth-order valence-electron chi connectivity index (χ4n) is 2.66. The van der Waals surface area contributed by atoms with E-state index in [9.17, 15) is 9.59 Å². The van der Waals surface area contributed by atoms with E-state index in [2.05, 4.69) is 21.2 Å². The first kappa shape index (κ1) is 19.5. The minimum atomic E-state index is -0.383. The lowest BCUT2D eigenvalue weighted by Crippen LogP contribution is -2.31. The van der Waals surface area contributed by atoms with Crippen molar-refractivity contribution in [1.29, 1.82) is 0 Å². The van der Waals surface area contributed by atoms with Crippen LogP contribution in [-0.4, -0.2) is 23.4 Å². The van der Waals surface area contributed by atoms with Gasteiger partial charge in [-0.05, 0) is 52.2 Å². The highest BCUT2D eigenvalue weighted by atomic mass is 79.9. The first-order chi connectivity index (χ1) is 13.0. The van der Waals surface area contributed by atoms with Crippen molar-refractivity contribution in [3.05, 3.63) is 68.8 Å². The van der Waals surface area contributed by atoms with E-state index in [4.69, 9.17) is 16.3 Å². The third kappa shape index (κ3) is 4.51. The lowest BCUT2D eigenvalue weighted by atomic mass is 10.2. The second-order valence-electron chi connectivity index (χ2n) is 6.01. The van der Waals surface area contributed by atoms with Crippen LogP contribution in [0.5, 0.6) is 5.75 Å². The highest BCUT2D eigenvalue weighted by Crippen LogP contribution is 2.29. The summed E-state index contributed by atoms with van der Waals surface area (Å²) < 4.78 is 6.56. The van der Waals surface area contributed by atoms with Gasteiger partial charge in [0.1, 0.15) is 18.1 Å². The molecule has 140 valence electrons. The molecular formula is C20H18BrClN2O3. The summed E-state index contributed by atoms with van der Waals surface area (Å²) in [6, 6.07) is 12.6. The standard InChI is InChI=1S/C20H18BrClN2O3/c1-2-9-24-19(25)17(23-20(24)26)11-13-7-8-18(15(21)10-13)27-12-14-5-3-4-6-16(14)22/h3-8,10-11H,2,9,12H2,1H3,(H,23,26)/b17-11+. The average Bonchev–Trinajstić information content (AvgIpc) is 2.90. The predicted octanol–water partition coefficient (Wildman–Crippen LogP) is 4.98. The third-order valence-electron chi connectivity index (χ3n) is 4.02. The van der Waals surface area contributed by atoms with E-state index in [0.717, 1.165) is 22.0 Å². The molecule has 3 amide bonds. The number of halogens is 2. The number of hydrogen-bond acceptors (Lipinski definition) is 3. The normalized spacial score (nSPS) is 15.4. The Labute approximate surface area is 171 Å². The Bertz CT molecular complexity index is 914. The predicted molar refractivity (Wildman–Crippen MR) is 108 cm³/mol. The highest BCUT2D eigenvalue weighted by molar-refractivity contribution is 9.10. The van der Waals surface area contributed by atoms with E-state index < -0.39 is 0 Å². The molecule has 1 N–H and O–H groups in total. The Hall–Kier alpha value is -2.31. The van der Waals surface area contributed by atoms with Crippen LogP contribution in [-0.2, 0) is 11.4 Å². The zero-order valence-electron chi connectivity index (χ0n) is 14.7. The molecule has 27 heavy (non-hydrogen) atoms. The number of urea groups is 1. The number of carbonyl (C=O) groups is 2. The minimum absolute atomic E-state index is 0.269. The number of nitrogens with zero attached hydrogens (tertiary/aromatic N) is 1. The van der Waals surface area contributed by atoms with Crippen LogP contribution in [0.25, 0.3) is 6.08 Å². The van der Waals surface area contributed by atoms with Gasteiger partial charge >= 0.3 is 6.03 Å². The number of nitrogens with one attached hydrogen (secondary N) is 1. The molecule has 5 nitrogen and oxygen atoms in total. The second kappa shape index (κ2) is 8.59. The molecule has 3 rings (SSSR count). The number of amides is 3. The number of carbonyl (C=O) groups excluding carboxylic acids is 2. The van der Waals surface area contributed by atoms with Gasteiger partial charge in [-0.1, -0.05) is 42.8 Å². The number of rotatable bonds is 6. The molecule has 1 heterocycles. The summed E-state index contributed by atoms with van der Waals surface area (Å²) >= 11 is 9.62. The maximum atomic E-state index is 12.3. The summed E-state index contributed by atoms with van der Waals surface area (Å²) in [4.78, 5) is 25.3. The maximum absolute atomic E-state index is 12.3. The van der Waals surface area contributed by atoms with Crippen molar-refractivity contribution in [2.24, 2.45) is 0 Å². The van der Waals surface area contributed by atoms with Gasteiger partial charge in [0.2, 0.25) is 0 Å². The van der Waals surface area contributed by atoms with E-state index in [-0.39, 0.29) is 17.6 Å². The topological polar surface area (TPSA) is 58.6 Å². The number of imide groups is 1. The number of ether oxygens (including phenoxy) is 1. The molecule has 1 aliphatic rings. The Balaban J connectivity index is 1.72. The van der Waals surface area contributed by atoms with Crippen molar-refractivity contribution in [1.82, 2.24) is 10.2 Å². The molecule has 0 spiro atoms. The zero-order valence-corrected chi connectivity index (χ0v) is 17.0. The van der Waals surface area contributed by atoms with Gasteiger partial charge in [0.05, 0.1) is 4.47 Å². The van der Waals surface area contributed by atoms with Crippen LogP contribution in [0.1, 0.15) is 24.5 Å².